The molecule has 5 heteroatoms. The number of aliphatic hydroxyl groups excluding tert-OH is 1. The number of hydrogen-bond donors (Lipinski definition) is 1. The SMILES string of the molecule is O[C@@H](c1ccccc1)c1cc2ccccc2nc1C(F)(F)F. The van der Waals surface area contributed by atoms with E-state index in [0.717, 1.165) is 0 Å². The average Bonchev–Trinajstić information content (AvgIpc) is 2.53. The van der Waals surface area contributed by atoms with Crippen molar-refractivity contribution in [1.82, 2.24) is 4.98 Å². The number of hydrogen-bond acceptors (Lipinski definition) is 2. The molecule has 0 unspecified atom stereocenters. The van der Waals surface area contributed by atoms with Crippen molar-refractivity contribution in [1.29, 1.82) is 0 Å². The van der Waals surface area contributed by atoms with Gasteiger partial charge in [-0.1, -0.05) is 48.5 Å². The van der Waals surface area contributed by atoms with Crippen LogP contribution in [0.15, 0.2) is 60.7 Å². The van der Waals surface area contributed by atoms with Gasteiger partial charge in [0.25, 0.3) is 0 Å². The van der Waals surface area contributed by atoms with Crippen LogP contribution in [-0.2, 0) is 6.18 Å². The third kappa shape index (κ3) is 2.67. The van der Waals surface area contributed by atoms with Crippen LogP contribution in [0.3, 0.4) is 0 Å². The summed E-state index contributed by atoms with van der Waals surface area (Å²) in [7, 11) is 0. The summed E-state index contributed by atoms with van der Waals surface area (Å²) in [6.45, 7) is 0. The summed E-state index contributed by atoms with van der Waals surface area (Å²) < 4.78 is 39.8. The van der Waals surface area contributed by atoms with Gasteiger partial charge in [-0.25, -0.2) is 4.98 Å². The van der Waals surface area contributed by atoms with Crippen molar-refractivity contribution >= 4 is 10.9 Å². The van der Waals surface area contributed by atoms with Crippen molar-refractivity contribution in [2.45, 2.75) is 12.3 Å². The Morgan fingerprint density at radius 2 is 1.55 bits per heavy atom. The molecule has 2 aromatic carbocycles. The topological polar surface area (TPSA) is 33.1 Å². The fourth-order valence-electron chi connectivity index (χ4n) is 2.38. The molecule has 2 nitrogen and oxygen atoms in total. The third-order valence-corrected chi connectivity index (χ3v) is 3.43. The number of rotatable bonds is 2. The largest absolute Gasteiger partial charge is 0.433 e. The molecule has 0 radical (unpaired) electrons. The molecule has 0 bridgehead atoms. The second-order valence-electron chi connectivity index (χ2n) is 4.93. The van der Waals surface area contributed by atoms with E-state index in [4.69, 9.17) is 0 Å². The maximum atomic E-state index is 13.3. The zero-order valence-electron chi connectivity index (χ0n) is 11.4. The predicted molar refractivity (Wildman–Crippen MR) is 77.2 cm³/mol. The molecule has 112 valence electrons. The molecule has 0 aliphatic carbocycles. The van der Waals surface area contributed by atoms with Crippen LogP contribution in [0.4, 0.5) is 13.2 Å². The van der Waals surface area contributed by atoms with Crippen LogP contribution in [0, 0.1) is 0 Å². The standard InChI is InChI=1S/C17H12F3NO/c18-17(19,20)16-13(15(22)11-6-2-1-3-7-11)10-12-8-4-5-9-14(12)21-16/h1-10,15,22H/t15-/m0/s1. The number of aromatic nitrogens is 1. The van der Waals surface area contributed by atoms with Gasteiger partial charge in [0, 0.05) is 10.9 Å². The first-order valence-corrected chi connectivity index (χ1v) is 6.67. The summed E-state index contributed by atoms with van der Waals surface area (Å²) >= 11 is 0. The highest BCUT2D eigenvalue weighted by atomic mass is 19.4. The summed E-state index contributed by atoms with van der Waals surface area (Å²) in [6, 6.07) is 16.1. The number of alkyl halides is 3. The smallest absolute Gasteiger partial charge is 0.384 e. The zero-order valence-corrected chi connectivity index (χ0v) is 11.4. The van der Waals surface area contributed by atoms with Gasteiger partial charge in [-0.2, -0.15) is 13.2 Å². The van der Waals surface area contributed by atoms with Crippen LogP contribution >= 0.6 is 0 Å². The number of aliphatic hydroxyl groups is 1. The monoisotopic (exact) mass is 303 g/mol. The van der Waals surface area contributed by atoms with Gasteiger partial charge in [-0.3, -0.25) is 0 Å². The second-order valence-corrected chi connectivity index (χ2v) is 4.93. The van der Waals surface area contributed by atoms with Crippen molar-refractivity contribution in [3.63, 3.8) is 0 Å². The predicted octanol–water partition coefficient (Wildman–Crippen LogP) is 4.34. The molecule has 3 aromatic rings. The third-order valence-electron chi connectivity index (χ3n) is 3.43. The number of fused-ring (bicyclic) bond motifs is 1. The van der Waals surface area contributed by atoms with Gasteiger partial charge in [0.2, 0.25) is 0 Å². The lowest BCUT2D eigenvalue weighted by atomic mass is 9.98. The first kappa shape index (κ1) is 14.5. The van der Waals surface area contributed by atoms with Crippen molar-refractivity contribution < 1.29 is 18.3 Å². The van der Waals surface area contributed by atoms with Crippen LogP contribution < -0.4 is 0 Å². The number of halogens is 3. The summed E-state index contributed by atoms with van der Waals surface area (Å²) in [5.41, 5.74) is -0.649. The quantitative estimate of drug-likeness (QED) is 0.764. The van der Waals surface area contributed by atoms with E-state index in [1.165, 1.54) is 12.1 Å². The minimum Gasteiger partial charge on any atom is -0.384 e. The molecular weight excluding hydrogens is 291 g/mol. The highest BCUT2D eigenvalue weighted by Crippen LogP contribution is 2.36. The lowest BCUT2D eigenvalue weighted by molar-refractivity contribution is -0.142. The van der Waals surface area contributed by atoms with Crippen LogP contribution in [0.5, 0.6) is 0 Å². The first-order valence-electron chi connectivity index (χ1n) is 6.67. The van der Waals surface area contributed by atoms with Crippen molar-refractivity contribution in [3.05, 3.63) is 77.5 Å². The molecule has 0 aliphatic rings. The Morgan fingerprint density at radius 3 is 2.23 bits per heavy atom. The molecule has 22 heavy (non-hydrogen) atoms. The van der Waals surface area contributed by atoms with Gasteiger partial charge in [-0.15, -0.1) is 0 Å². The van der Waals surface area contributed by atoms with E-state index in [1.54, 1.807) is 48.5 Å². The Bertz CT molecular complexity index is 800. The van der Waals surface area contributed by atoms with Crippen LogP contribution in [0.25, 0.3) is 10.9 Å². The fraction of sp³-hybridized carbons (Fsp3) is 0.118. The minimum absolute atomic E-state index is 0.239. The highest BCUT2D eigenvalue weighted by Gasteiger charge is 2.37. The van der Waals surface area contributed by atoms with E-state index >= 15 is 0 Å². The maximum Gasteiger partial charge on any atom is 0.433 e. The Morgan fingerprint density at radius 1 is 0.909 bits per heavy atom. The first-order chi connectivity index (χ1) is 10.5. The summed E-state index contributed by atoms with van der Waals surface area (Å²) in [4.78, 5) is 3.71. The minimum atomic E-state index is -4.63. The molecule has 1 heterocycles. The molecule has 0 aliphatic heterocycles. The summed E-state index contributed by atoms with van der Waals surface area (Å²) in [5, 5.41) is 10.9. The van der Waals surface area contributed by atoms with Gasteiger partial charge >= 0.3 is 6.18 Å². The van der Waals surface area contributed by atoms with Crippen molar-refractivity contribution in [2.24, 2.45) is 0 Å². The fourth-order valence-corrected chi connectivity index (χ4v) is 2.38. The number of benzene rings is 2. The highest BCUT2D eigenvalue weighted by molar-refractivity contribution is 5.79. The number of pyridine rings is 1. The molecule has 1 atom stereocenters. The zero-order chi connectivity index (χ0) is 15.7. The van der Waals surface area contributed by atoms with Gasteiger partial charge in [0.15, 0.2) is 5.69 Å². The molecule has 1 N–H and O–H groups in total. The molecule has 0 amide bonds. The molecular formula is C17H12F3NO. The molecule has 0 fully saturated rings. The van der Waals surface area contributed by atoms with E-state index in [2.05, 4.69) is 4.98 Å². The van der Waals surface area contributed by atoms with Gasteiger partial charge in [-0.05, 0) is 17.7 Å². The van der Waals surface area contributed by atoms with Crippen molar-refractivity contribution in [2.75, 3.05) is 0 Å². The Hall–Kier alpha value is -2.40. The van der Waals surface area contributed by atoms with Gasteiger partial charge < -0.3 is 5.11 Å². The number of para-hydroxylation sites is 1. The summed E-state index contributed by atoms with van der Waals surface area (Å²) in [6.07, 6.45) is -6.01. The lowest BCUT2D eigenvalue weighted by Crippen LogP contribution is -2.15. The van der Waals surface area contributed by atoms with Crippen LogP contribution in [-0.4, -0.2) is 10.1 Å². The maximum absolute atomic E-state index is 13.3. The van der Waals surface area contributed by atoms with E-state index in [1.807, 2.05) is 0 Å². The lowest BCUT2D eigenvalue weighted by Gasteiger charge is -2.18. The van der Waals surface area contributed by atoms with Crippen LogP contribution in [0.2, 0.25) is 0 Å². The van der Waals surface area contributed by atoms with Gasteiger partial charge in [0.05, 0.1) is 5.52 Å². The second kappa shape index (κ2) is 5.42. The van der Waals surface area contributed by atoms with Gasteiger partial charge in [0.1, 0.15) is 6.10 Å². The van der Waals surface area contributed by atoms with E-state index in [9.17, 15) is 18.3 Å². The van der Waals surface area contributed by atoms with E-state index < -0.39 is 18.0 Å². The summed E-state index contributed by atoms with van der Waals surface area (Å²) in [5.74, 6) is 0. The molecule has 0 saturated heterocycles. The average molecular weight is 303 g/mol. The van der Waals surface area contributed by atoms with Crippen LogP contribution in [0.1, 0.15) is 22.9 Å². The van der Waals surface area contributed by atoms with Crippen molar-refractivity contribution in [3.8, 4) is 0 Å². The van der Waals surface area contributed by atoms with E-state index in [-0.39, 0.29) is 11.1 Å². The Kier molecular flexibility index (Phi) is 3.58. The Labute approximate surface area is 124 Å². The molecule has 3 rings (SSSR count). The van der Waals surface area contributed by atoms with E-state index in [0.29, 0.717) is 10.9 Å². The molecule has 0 spiro atoms. The molecule has 0 saturated carbocycles. The number of nitrogens with zero attached hydrogens (tertiary/aromatic N) is 1. The Balaban J connectivity index is 2.22. The normalized spacial score (nSPS) is 13.3. The molecule has 1 aromatic heterocycles.